The van der Waals surface area contributed by atoms with Crippen molar-refractivity contribution in [1.82, 2.24) is 4.90 Å². The molecule has 0 spiro atoms. The molecule has 3 heterocycles. The first-order valence-electron chi connectivity index (χ1n) is 11.3. The maximum atomic E-state index is 14.0. The van der Waals surface area contributed by atoms with Gasteiger partial charge in [-0.25, -0.2) is 4.39 Å². The number of fused-ring (bicyclic) bond motifs is 3. The van der Waals surface area contributed by atoms with Gasteiger partial charge in [0, 0.05) is 6.54 Å². The van der Waals surface area contributed by atoms with E-state index in [1.54, 1.807) is 41.3 Å². The molecule has 0 saturated heterocycles. The third-order valence-corrected chi connectivity index (χ3v) is 6.28. The van der Waals surface area contributed by atoms with Crippen molar-refractivity contribution < 1.29 is 27.8 Å². The van der Waals surface area contributed by atoms with Gasteiger partial charge in [-0.15, -0.1) is 0 Å². The van der Waals surface area contributed by atoms with Crippen LogP contribution in [0.4, 0.5) is 4.39 Å². The first-order chi connectivity index (χ1) is 17.5. The summed E-state index contributed by atoms with van der Waals surface area (Å²) in [5, 5.41) is 0.0856. The van der Waals surface area contributed by atoms with Crippen LogP contribution in [0.3, 0.4) is 0 Å². The van der Waals surface area contributed by atoms with Crippen LogP contribution >= 0.6 is 0 Å². The molecule has 4 aromatic rings. The maximum absolute atomic E-state index is 14.0. The highest BCUT2D eigenvalue weighted by Gasteiger charge is 2.42. The lowest BCUT2D eigenvalue weighted by atomic mass is 9.98. The van der Waals surface area contributed by atoms with E-state index in [4.69, 9.17) is 18.6 Å². The number of hydrogen-bond acceptors (Lipinski definition) is 6. The van der Waals surface area contributed by atoms with Crippen LogP contribution in [0, 0.1) is 5.82 Å². The molecule has 8 heteroatoms. The summed E-state index contributed by atoms with van der Waals surface area (Å²) in [6.07, 6.45) is 1.64. The zero-order chi connectivity index (χ0) is 24.8. The number of amides is 1. The zero-order valence-electron chi connectivity index (χ0n) is 19.0. The Morgan fingerprint density at radius 3 is 2.64 bits per heavy atom. The van der Waals surface area contributed by atoms with Crippen molar-refractivity contribution in [2.75, 3.05) is 13.4 Å². The number of halogens is 1. The molecule has 0 aliphatic carbocycles. The van der Waals surface area contributed by atoms with Crippen LogP contribution in [0.1, 0.15) is 33.3 Å². The minimum Gasteiger partial charge on any atom is -0.490 e. The second-order valence-electron chi connectivity index (χ2n) is 8.51. The maximum Gasteiger partial charge on any atom is 0.291 e. The molecular formula is C28H20FNO6. The van der Waals surface area contributed by atoms with Crippen LogP contribution < -0.4 is 19.6 Å². The fraction of sp³-hybridized carbons (Fsp3) is 0.143. The van der Waals surface area contributed by atoms with Gasteiger partial charge in [0.2, 0.25) is 12.6 Å². The van der Waals surface area contributed by atoms with E-state index in [1.165, 1.54) is 12.1 Å². The molecule has 1 amide bonds. The highest BCUT2D eigenvalue weighted by Crippen LogP contribution is 2.40. The number of hydrogen-bond donors (Lipinski definition) is 0. The second kappa shape index (κ2) is 8.57. The molecule has 0 radical (unpaired) electrons. The molecule has 0 N–H and O–H groups in total. The molecule has 0 saturated carbocycles. The molecule has 6 rings (SSSR count). The van der Waals surface area contributed by atoms with Crippen molar-refractivity contribution in [2.45, 2.75) is 12.6 Å². The van der Waals surface area contributed by atoms with Gasteiger partial charge in [0.25, 0.3) is 5.91 Å². The molecule has 1 atom stereocenters. The molecule has 0 fully saturated rings. The van der Waals surface area contributed by atoms with Gasteiger partial charge in [-0.05, 0) is 53.6 Å². The van der Waals surface area contributed by atoms with Crippen LogP contribution in [0.5, 0.6) is 17.2 Å². The molecule has 0 unspecified atom stereocenters. The fourth-order valence-corrected chi connectivity index (χ4v) is 4.64. The molecule has 1 aromatic heterocycles. The van der Waals surface area contributed by atoms with Gasteiger partial charge in [0.15, 0.2) is 16.9 Å². The average molecular weight is 485 g/mol. The van der Waals surface area contributed by atoms with Gasteiger partial charge in [-0.3, -0.25) is 9.59 Å². The Balaban J connectivity index is 1.47. The third kappa shape index (κ3) is 3.58. The Morgan fingerprint density at radius 2 is 1.83 bits per heavy atom. The molecule has 0 bridgehead atoms. The number of nitrogens with zero attached hydrogens (tertiary/aromatic N) is 1. The number of rotatable bonds is 6. The van der Waals surface area contributed by atoms with Gasteiger partial charge in [0.05, 0.1) is 17.0 Å². The van der Waals surface area contributed by atoms with Crippen LogP contribution in [0.2, 0.25) is 0 Å². The molecule has 3 aromatic carbocycles. The van der Waals surface area contributed by atoms with Gasteiger partial charge in [-0.2, -0.15) is 0 Å². The zero-order valence-corrected chi connectivity index (χ0v) is 19.0. The first kappa shape index (κ1) is 21.9. The summed E-state index contributed by atoms with van der Waals surface area (Å²) < 4.78 is 36.3. The normalized spacial score (nSPS) is 15.9. The Labute approximate surface area is 204 Å². The SMILES string of the molecule is C=CCOc1ccc([C@H]2c3c(oc4ccc(F)cc4c3=O)C(=O)N2Cc2ccc3c(c2)OCO3)cc1. The molecule has 180 valence electrons. The number of ether oxygens (including phenoxy) is 3. The number of benzene rings is 3. The third-order valence-electron chi connectivity index (χ3n) is 6.28. The van der Waals surface area contributed by atoms with Crippen molar-refractivity contribution in [3.63, 3.8) is 0 Å². The minimum absolute atomic E-state index is 0.0446. The minimum atomic E-state index is -0.740. The molecular weight excluding hydrogens is 465 g/mol. The Hall–Kier alpha value is -4.59. The van der Waals surface area contributed by atoms with Crippen molar-refractivity contribution in [2.24, 2.45) is 0 Å². The van der Waals surface area contributed by atoms with E-state index >= 15 is 0 Å². The molecule has 2 aliphatic heterocycles. The highest BCUT2D eigenvalue weighted by atomic mass is 19.1. The Kier molecular flexibility index (Phi) is 5.21. The van der Waals surface area contributed by atoms with E-state index in [0.29, 0.717) is 29.4 Å². The summed E-state index contributed by atoms with van der Waals surface area (Å²) in [5.74, 6) is 0.813. The summed E-state index contributed by atoms with van der Waals surface area (Å²) in [4.78, 5) is 28.8. The van der Waals surface area contributed by atoms with E-state index < -0.39 is 23.2 Å². The largest absolute Gasteiger partial charge is 0.490 e. The van der Waals surface area contributed by atoms with Crippen LogP contribution in [0.25, 0.3) is 11.0 Å². The van der Waals surface area contributed by atoms with Crippen molar-refractivity contribution in [1.29, 1.82) is 0 Å². The van der Waals surface area contributed by atoms with Gasteiger partial charge < -0.3 is 23.5 Å². The number of carbonyl (C=O) groups is 1. The van der Waals surface area contributed by atoms with Gasteiger partial charge in [-0.1, -0.05) is 30.9 Å². The average Bonchev–Trinajstić information content (AvgIpc) is 3.46. The number of carbonyl (C=O) groups excluding carboxylic acids is 1. The summed E-state index contributed by atoms with van der Waals surface area (Å²) in [6.45, 7) is 4.31. The van der Waals surface area contributed by atoms with Crippen molar-refractivity contribution >= 4 is 16.9 Å². The first-order valence-corrected chi connectivity index (χ1v) is 11.3. The monoisotopic (exact) mass is 485 g/mol. The van der Waals surface area contributed by atoms with Gasteiger partial charge >= 0.3 is 0 Å². The molecule has 36 heavy (non-hydrogen) atoms. The van der Waals surface area contributed by atoms with E-state index in [-0.39, 0.29) is 35.6 Å². The lowest BCUT2D eigenvalue weighted by Crippen LogP contribution is -2.29. The lowest BCUT2D eigenvalue weighted by Gasteiger charge is -2.25. The Morgan fingerprint density at radius 1 is 1.03 bits per heavy atom. The second-order valence-corrected chi connectivity index (χ2v) is 8.51. The molecule has 2 aliphatic rings. The highest BCUT2D eigenvalue weighted by molar-refractivity contribution is 5.99. The topological polar surface area (TPSA) is 78.2 Å². The summed E-state index contributed by atoms with van der Waals surface area (Å²) >= 11 is 0. The van der Waals surface area contributed by atoms with E-state index in [2.05, 4.69) is 6.58 Å². The predicted molar refractivity (Wildman–Crippen MR) is 129 cm³/mol. The van der Waals surface area contributed by atoms with E-state index in [1.807, 2.05) is 12.1 Å². The van der Waals surface area contributed by atoms with Crippen LogP contribution in [-0.4, -0.2) is 24.2 Å². The van der Waals surface area contributed by atoms with Crippen molar-refractivity contribution in [3.05, 3.63) is 112 Å². The van der Waals surface area contributed by atoms with Crippen LogP contribution in [0.15, 0.2) is 82.5 Å². The standard InChI is InChI=1S/C28H20FNO6/c1-2-11-33-19-7-4-17(5-8-19)25-24-26(31)20-13-18(29)6-10-21(20)36-27(24)28(32)30(25)14-16-3-9-22-23(12-16)35-15-34-22/h2-10,12-13,25H,1,11,14-15H2/t25-/m0/s1. The Bertz CT molecular complexity index is 1580. The quantitative estimate of drug-likeness (QED) is 0.359. The van der Waals surface area contributed by atoms with Crippen LogP contribution in [-0.2, 0) is 6.54 Å². The van der Waals surface area contributed by atoms with E-state index in [9.17, 15) is 14.0 Å². The van der Waals surface area contributed by atoms with E-state index in [0.717, 1.165) is 11.6 Å². The predicted octanol–water partition coefficient (Wildman–Crippen LogP) is 4.97. The fourth-order valence-electron chi connectivity index (χ4n) is 4.64. The molecule has 7 nitrogen and oxygen atoms in total. The summed E-state index contributed by atoms with van der Waals surface area (Å²) in [5.41, 5.74) is 1.38. The summed E-state index contributed by atoms with van der Waals surface area (Å²) in [6, 6.07) is 15.5. The van der Waals surface area contributed by atoms with Gasteiger partial charge in [0.1, 0.15) is 23.8 Å². The lowest BCUT2D eigenvalue weighted by molar-refractivity contribution is 0.0714. The summed E-state index contributed by atoms with van der Waals surface area (Å²) in [7, 11) is 0. The van der Waals surface area contributed by atoms with Crippen molar-refractivity contribution in [3.8, 4) is 17.2 Å². The smallest absolute Gasteiger partial charge is 0.291 e.